The molecular formula is C13H13FN2O4. The molecule has 1 aromatic carbocycles. The summed E-state index contributed by atoms with van der Waals surface area (Å²) < 4.78 is 18.1. The molecule has 7 heteroatoms. The number of anilines is 1. The molecular weight excluding hydrogens is 267 g/mol. The summed E-state index contributed by atoms with van der Waals surface area (Å²) in [5.41, 5.74) is 0.158. The van der Waals surface area contributed by atoms with E-state index in [1.807, 2.05) is 0 Å². The largest absolute Gasteiger partial charge is 0.494 e. The quantitative estimate of drug-likeness (QED) is 0.712. The Kier molecular flexibility index (Phi) is 5.35. The number of carbonyl (C=O) groups is 2. The fourth-order valence-corrected chi connectivity index (χ4v) is 1.39. The number of carboxylic acids is 1. The van der Waals surface area contributed by atoms with Gasteiger partial charge in [-0.1, -0.05) is 0 Å². The van der Waals surface area contributed by atoms with E-state index in [4.69, 9.17) is 16.3 Å². The van der Waals surface area contributed by atoms with Crippen molar-refractivity contribution in [2.24, 2.45) is 0 Å². The maximum absolute atomic E-state index is 13.4. The minimum Gasteiger partial charge on any atom is -0.494 e. The highest BCUT2D eigenvalue weighted by Gasteiger charge is 2.18. The zero-order chi connectivity index (χ0) is 15.1. The molecule has 2 amide bonds. The topological polar surface area (TPSA) is 87.7 Å². The number of aliphatic carboxylic acids is 1. The van der Waals surface area contributed by atoms with Crippen LogP contribution in [0.3, 0.4) is 0 Å². The Balaban J connectivity index is 2.69. The zero-order valence-electron chi connectivity index (χ0n) is 10.6. The molecule has 106 valence electrons. The van der Waals surface area contributed by atoms with Gasteiger partial charge >= 0.3 is 12.0 Å². The average molecular weight is 280 g/mol. The number of carbonyl (C=O) groups excluding carboxylic acids is 1. The van der Waals surface area contributed by atoms with Gasteiger partial charge in [0.25, 0.3) is 0 Å². The predicted octanol–water partition coefficient (Wildman–Crippen LogP) is 1.43. The second-order valence-corrected chi connectivity index (χ2v) is 3.75. The molecule has 0 spiro atoms. The molecule has 0 heterocycles. The number of hydrogen-bond acceptors (Lipinski definition) is 3. The van der Waals surface area contributed by atoms with Gasteiger partial charge in [-0.15, -0.1) is 12.3 Å². The van der Waals surface area contributed by atoms with Crippen molar-refractivity contribution in [2.45, 2.75) is 12.5 Å². The van der Waals surface area contributed by atoms with Crippen LogP contribution in [-0.2, 0) is 4.79 Å². The number of rotatable bonds is 5. The third kappa shape index (κ3) is 4.17. The number of benzene rings is 1. The lowest BCUT2D eigenvalue weighted by Gasteiger charge is -2.13. The molecule has 0 saturated heterocycles. The molecule has 20 heavy (non-hydrogen) atoms. The number of halogens is 1. The van der Waals surface area contributed by atoms with E-state index in [1.54, 1.807) is 0 Å². The average Bonchev–Trinajstić information content (AvgIpc) is 2.38. The van der Waals surface area contributed by atoms with Crippen LogP contribution in [0.25, 0.3) is 0 Å². The maximum atomic E-state index is 13.4. The molecule has 0 saturated carbocycles. The van der Waals surface area contributed by atoms with E-state index in [0.29, 0.717) is 0 Å². The fraction of sp³-hybridized carbons (Fsp3) is 0.231. The second kappa shape index (κ2) is 6.99. The first-order valence-electron chi connectivity index (χ1n) is 5.55. The van der Waals surface area contributed by atoms with E-state index >= 15 is 0 Å². The van der Waals surface area contributed by atoms with Crippen LogP contribution in [0.15, 0.2) is 18.2 Å². The number of terminal acetylenes is 1. The van der Waals surface area contributed by atoms with E-state index in [-0.39, 0.29) is 17.9 Å². The van der Waals surface area contributed by atoms with Gasteiger partial charge in [-0.3, -0.25) is 0 Å². The van der Waals surface area contributed by atoms with Crippen LogP contribution in [0.1, 0.15) is 6.42 Å². The summed E-state index contributed by atoms with van der Waals surface area (Å²) >= 11 is 0. The van der Waals surface area contributed by atoms with Crippen molar-refractivity contribution in [1.82, 2.24) is 5.32 Å². The number of nitrogens with one attached hydrogen (secondary N) is 2. The molecule has 0 aliphatic rings. The SMILES string of the molecule is C#CCC(NC(=O)Nc1ccc(OC)c(F)c1)C(=O)O. The van der Waals surface area contributed by atoms with Crippen molar-refractivity contribution in [2.75, 3.05) is 12.4 Å². The summed E-state index contributed by atoms with van der Waals surface area (Å²) in [6, 6.07) is 1.80. The van der Waals surface area contributed by atoms with Crippen molar-refractivity contribution >= 4 is 17.7 Å². The Bertz CT molecular complexity index is 554. The van der Waals surface area contributed by atoms with E-state index in [9.17, 15) is 14.0 Å². The molecule has 3 N–H and O–H groups in total. The molecule has 0 aromatic heterocycles. The van der Waals surface area contributed by atoms with Crippen molar-refractivity contribution in [1.29, 1.82) is 0 Å². The normalized spacial score (nSPS) is 11.1. The lowest BCUT2D eigenvalue weighted by atomic mass is 10.2. The van der Waals surface area contributed by atoms with Gasteiger partial charge in [-0.2, -0.15) is 0 Å². The Morgan fingerprint density at radius 2 is 2.25 bits per heavy atom. The zero-order valence-corrected chi connectivity index (χ0v) is 10.6. The lowest BCUT2D eigenvalue weighted by molar-refractivity contribution is -0.139. The highest BCUT2D eigenvalue weighted by molar-refractivity contribution is 5.92. The monoisotopic (exact) mass is 280 g/mol. The van der Waals surface area contributed by atoms with Crippen LogP contribution in [0.5, 0.6) is 5.75 Å². The molecule has 0 aliphatic heterocycles. The summed E-state index contributed by atoms with van der Waals surface area (Å²) in [5, 5.41) is 13.3. The molecule has 0 radical (unpaired) electrons. The Morgan fingerprint density at radius 3 is 2.75 bits per heavy atom. The van der Waals surface area contributed by atoms with Gasteiger partial charge in [0.15, 0.2) is 11.6 Å². The van der Waals surface area contributed by atoms with Crippen molar-refractivity contribution < 1.29 is 23.8 Å². The highest BCUT2D eigenvalue weighted by atomic mass is 19.1. The number of urea groups is 1. The van der Waals surface area contributed by atoms with Gasteiger partial charge < -0.3 is 20.5 Å². The van der Waals surface area contributed by atoms with Crippen molar-refractivity contribution in [3.05, 3.63) is 24.0 Å². The number of hydrogen-bond donors (Lipinski definition) is 3. The smallest absolute Gasteiger partial charge is 0.327 e. The molecule has 1 rings (SSSR count). The van der Waals surface area contributed by atoms with E-state index in [0.717, 1.165) is 6.07 Å². The number of ether oxygens (including phenoxy) is 1. The Morgan fingerprint density at radius 1 is 1.55 bits per heavy atom. The Labute approximate surface area is 114 Å². The molecule has 1 atom stereocenters. The van der Waals surface area contributed by atoms with Gasteiger partial charge in [-0.05, 0) is 12.1 Å². The Hall–Kier alpha value is -2.75. The lowest BCUT2D eigenvalue weighted by Crippen LogP contribution is -2.42. The standard InChI is InChI=1S/C13H13FN2O4/c1-3-4-10(12(17)18)16-13(19)15-8-5-6-11(20-2)9(14)7-8/h1,5-7,10H,4H2,2H3,(H,17,18)(H2,15,16,19). The molecule has 1 aromatic rings. The molecule has 1 unspecified atom stereocenters. The van der Waals surface area contributed by atoms with E-state index in [2.05, 4.69) is 16.6 Å². The summed E-state index contributed by atoms with van der Waals surface area (Å²) in [7, 11) is 1.31. The van der Waals surface area contributed by atoms with E-state index < -0.39 is 23.9 Å². The van der Waals surface area contributed by atoms with Gasteiger partial charge in [0.05, 0.1) is 7.11 Å². The van der Waals surface area contributed by atoms with Crippen LogP contribution in [0, 0.1) is 18.2 Å². The van der Waals surface area contributed by atoms with Crippen molar-refractivity contribution in [3.63, 3.8) is 0 Å². The van der Waals surface area contributed by atoms with Crippen LogP contribution in [0.2, 0.25) is 0 Å². The van der Waals surface area contributed by atoms with Gasteiger partial charge in [0.1, 0.15) is 6.04 Å². The molecule has 0 aliphatic carbocycles. The summed E-state index contributed by atoms with van der Waals surface area (Å²) in [5.74, 6) is 0.276. The first-order valence-corrected chi connectivity index (χ1v) is 5.55. The molecule has 0 bridgehead atoms. The van der Waals surface area contributed by atoms with E-state index in [1.165, 1.54) is 19.2 Å². The first kappa shape index (κ1) is 15.3. The second-order valence-electron chi connectivity index (χ2n) is 3.75. The van der Waals surface area contributed by atoms with Gasteiger partial charge in [0, 0.05) is 18.2 Å². The summed E-state index contributed by atoms with van der Waals surface area (Å²) in [6.07, 6.45) is 4.85. The number of amides is 2. The van der Waals surface area contributed by atoms with Crippen LogP contribution in [-0.4, -0.2) is 30.3 Å². The number of carboxylic acid groups (broad SMARTS) is 1. The minimum atomic E-state index is -1.25. The third-order valence-corrected chi connectivity index (χ3v) is 2.34. The molecule has 0 fully saturated rings. The summed E-state index contributed by atoms with van der Waals surface area (Å²) in [4.78, 5) is 22.4. The highest BCUT2D eigenvalue weighted by Crippen LogP contribution is 2.20. The predicted molar refractivity (Wildman–Crippen MR) is 70.0 cm³/mol. The summed E-state index contributed by atoms with van der Waals surface area (Å²) in [6.45, 7) is 0. The number of methoxy groups -OCH3 is 1. The minimum absolute atomic E-state index is 0.0340. The van der Waals surface area contributed by atoms with Crippen LogP contribution >= 0.6 is 0 Å². The maximum Gasteiger partial charge on any atom is 0.327 e. The fourth-order valence-electron chi connectivity index (χ4n) is 1.39. The van der Waals surface area contributed by atoms with Gasteiger partial charge in [0.2, 0.25) is 0 Å². The third-order valence-electron chi connectivity index (χ3n) is 2.34. The van der Waals surface area contributed by atoms with Gasteiger partial charge in [-0.25, -0.2) is 14.0 Å². The molecule has 6 nitrogen and oxygen atoms in total. The van der Waals surface area contributed by atoms with Crippen LogP contribution in [0.4, 0.5) is 14.9 Å². The van der Waals surface area contributed by atoms with Crippen LogP contribution < -0.4 is 15.4 Å². The van der Waals surface area contributed by atoms with Crippen molar-refractivity contribution in [3.8, 4) is 18.1 Å². The first-order chi connectivity index (χ1) is 9.47.